The molecular formula is C12H15NO7. The molecule has 0 aliphatic carbocycles. The molecule has 1 aromatic rings. The standard InChI is InChI=1S/C12H15NO7/c1-2-20-10(15)6-9(14)12(17)7-4-3-5-8(11(7)16)13(18)19/h3-5,9,12,14,16-17H,2,6H2,1H3. The van der Waals surface area contributed by atoms with Crippen molar-refractivity contribution < 1.29 is 29.8 Å². The summed E-state index contributed by atoms with van der Waals surface area (Å²) in [5, 5.41) is 39.9. The fourth-order valence-electron chi connectivity index (χ4n) is 1.64. The molecule has 0 fully saturated rings. The van der Waals surface area contributed by atoms with Gasteiger partial charge in [-0.05, 0) is 6.92 Å². The van der Waals surface area contributed by atoms with Gasteiger partial charge in [0.1, 0.15) is 6.10 Å². The number of aromatic hydroxyl groups is 1. The molecule has 0 aliphatic rings. The summed E-state index contributed by atoms with van der Waals surface area (Å²) in [6.07, 6.45) is -3.67. The van der Waals surface area contributed by atoms with Crippen LogP contribution in [0.4, 0.5) is 5.69 Å². The first-order valence-electron chi connectivity index (χ1n) is 5.86. The number of hydrogen-bond donors (Lipinski definition) is 3. The van der Waals surface area contributed by atoms with Crippen molar-refractivity contribution in [2.75, 3.05) is 6.61 Å². The van der Waals surface area contributed by atoms with E-state index in [0.717, 1.165) is 6.07 Å². The molecule has 1 rings (SSSR count). The quantitative estimate of drug-likeness (QED) is 0.397. The highest BCUT2D eigenvalue weighted by Crippen LogP contribution is 2.34. The lowest BCUT2D eigenvalue weighted by Crippen LogP contribution is -2.23. The van der Waals surface area contributed by atoms with Crippen molar-refractivity contribution in [3.63, 3.8) is 0 Å². The van der Waals surface area contributed by atoms with Crippen molar-refractivity contribution >= 4 is 11.7 Å². The summed E-state index contributed by atoms with van der Waals surface area (Å²) in [4.78, 5) is 21.0. The molecule has 0 spiro atoms. The van der Waals surface area contributed by atoms with Gasteiger partial charge in [-0.25, -0.2) is 0 Å². The summed E-state index contributed by atoms with van der Waals surface area (Å²) in [5.74, 6) is -1.46. The summed E-state index contributed by atoms with van der Waals surface area (Å²) >= 11 is 0. The smallest absolute Gasteiger partial charge is 0.311 e. The zero-order valence-electron chi connectivity index (χ0n) is 10.7. The van der Waals surface area contributed by atoms with E-state index in [-0.39, 0.29) is 12.2 Å². The molecule has 0 aliphatic heterocycles. The lowest BCUT2D eigenvalue weighted by molar-refractivity contribution is -0.386. The van der Waals surface area contributed by atoms with Gasteiger partial charge in [0.05, 0.1) is 24.1 Å². The Morgan fingerprint density at radius 2 is 2.10 bits per heavy atom. The number of nitrogens with zero attached hydrogens (tertiary/aromatic N) is 1. The first kappa shape index (κ1) is 15.9. The Kier molecular flexibility index (Phi) is 5.42. The summed E-state index contributed by atoms with van der Waals surface area (Å²) in [7, 11) is 0. The van der Waals surface area contributed by atoms with Gasteiger partial charge in [-0.1, -0.05) is 12.1 Å². The number of benzene rings is 1. The summed E-state index contributed by atoms with van der Waals surface area (Å²) in [6, 6.07) is 3.54. The number of carbonyl (C=O) groups excluding carboxylic acids is 1. The Balaban J connectivity index is 2.91. The number of nitro groups is 1. The SMILES string of the molecule is CCOC(=O)CC(O)C(O)c1cccc([N+](=O)[O-])c1O. The van der Waals surface area contributed by atoms with Crippen LogP contribution in [0.5, 0.6) is 5.75 Å². The fourth-order valence-corrected chi connectivity index (χ4v) is 1.64. The zero-order chi connectivity index (χ0) is 15.3. The maximum atomic E-state index is 11.2. The van der Waals surface area contributed by atoms with Crippen LogP contribution in [-0.2, 0) is 9.53 Å². The second kappa shape index (κ2) is 6.83. The van der Waals surface area contributed by atoms with Crippen molar-refractivity contribution in [1.82, 2.24) is 0 Å². The van der Waals surface area contributed by atoms with E-state index in [1.54, 1.807) is 6.92 Å². The lowest BCUT2D eigenvalue weighted by Gasteiger charge is -2.18. The minimum Gasteiger partial charge on any atom is -0.502 e. The molecule has 1 aromatic carbocycles. The highest BCUT2D eigenvalue weighted by atomic mass is 16.6. The minimum absolute atomic E-state index is 0.129. The van der Waals surface area contributed by atoms with Crippen LogP contribution >= 0.6 is 0 Å². The van der Waals surface area contributed by atoms with Gasteiger partial charge >= 0.3 is 11.7 Å². The van der Waals surface area contributed by atoms with E-state index >= 15 is 0 Å². The second-order valence-corrected chi connectivity index (χ2v) is 3.99. The van der Waals surface area contributed by atoms with Gasteiger partial charge in [0.15, 0.2) is 5.75 Å². The highest BCUT2D eigenvalue weighted by Gasteiger charge is 2.27. The molecular weight excluding hydrogens is 270 g/mol. The number of rotatable bonds is 6. The van der Waals surface area contributed by atoms with E-state index < -0.39 is 41.0 Å². The van der Waals surface area contributed by atoms with Crippen LogP contribution in [0.3, 0.4) is 0 Å². The molecule has 0 radical (unpaired) electrons. The Bertz CT molecular complexity index is 503. The molecule has 0 bridgehead atoms. The molecule has 0 aromatic heterocycles. The van der Waals surface area contributed by atoms with E-state index in [1.165, 1.54) is 12.1 Å². The number of para-hydroxylation sites is 1. The Morgan fingerprint density at radius 3 is 2.65 bits per heavy atom. The Morgan fingerprint density at radius 1 is 1.45 bits per heavy atom. The van der Waals surface area contributed by atoms with E-state index in [1.807, 2.05) is 0 Å². The first-order valence-corrected chi connectivity index (χ1v) is 5.86. The molecule has 2 unspecified atom stereocenters. The third-order valence-corrected chi connectivity index (χ3v) is 2.61. The van der Waals surface area contributed by atoms with Gasteiger partial charge < -0.3 is 20.1 Å². The van der Waals surface area contributed by atoms with Crippen LogP contribution in [0.15, 0.2) is 18.2 Å². The van der Waals surface area contributed by atoms with Crippen LogP contribution in [0.25, 0.3) is 0 Å². The van der Waals surface area contributed by atoms with Crippen LogP contribution in [0, 0.1) is 10.1 Å². The Hall–Kier alpha value is -2.19. The van der Waals surface area contributed by atoms with Gasteiger partial charge in [-0.15, -0.1) is 0 Å². The van der Waals surface area contributed by atoms with Crippen molar-refractivity contribution in [1.29, 1.82) is 0 Å². The van der Waals surface area contributed by atoms with Crippen LogP contribution in [0.2, 0.25) is 0 Å². The molecule has 0 saturated heterocycles. The molecule has 3 N–H and O–H groups in total. The normalized spacial score (nSPS) is 13.6. The first-order chi connectivity index (χ1) is 9.38. The minimum atomic E-state index is -1.64. The summed E-state index contributed by atoms with van der Waals surface area (Å²) in [6.45, 7) is 1.72. The third-order valence-electron chi connectivity index (χ3n) is 2.61. The molecule has 110 valence electrons. The maximum absolute atomic E-state index is 11.2. The molecule has 0 amide bonds. The molecule has 8 heteroatoms. The number of phenols is 1. The highest BCUT2D eigenvalue weighted by molar-refractivity contribution is 5.70. The number of aliphatic hydroxyl groups excluding tert-OH is 2. The molecule has 20 heavy (non-hydrogen) atoms. The third kappa shape index (κ3) is 3.65. The van der Waals surface area contributed by atoms with Crippen LogP contribution in [-0.4, -0.2) is 38.9 Å². The number of carbonyl (C=O) groups is 1. The van der Waals surface area contributed by atoms with Gasteiger partial charge in [0.2, 0.25) is 0 Å². The zero-order valence-corrected chi connectivity index (χ0v) is 10.7. The number of phenolic OH excluding ortho intramolecular Hbond substituents is 1. The largest absolute Gasteiger partial charge is 0.502 e. The fraction of sp³-hybridized carbons (Fsp3) is 0.417. The molecule has 2 atom stereocenters. The predicted octanol–water partition coefficient (Wildman–Crippen LogP) is 0.648. The maximum Gasteiger partial charge on any atom is 0.311 e. The molecule has 0 heterocycles. The molecule has 8 nitrogen and oxygen atoms in total. The van der Waals surface area contributed by atoms with Crippen molar-refractivity contribution in [3.05, 3.63) is 33.9 Å². The lowest BCUT2D eigenvalue weighted by atomic mass is 10.0. The Labute approximate surface area is 114 Å². The molecule has 0 saturated carbocycles. The van der Waals surface area contributed by atoms with Gasteiger partial charge in [0, 0.05) is 11.6 Å². The average molecular weight is 285 g/mol. The van der Waals surface area contributed by atoms with Crippen molar-refractivity contribution in [2.45, 2.75) is 25.6 Å². The van der Waals surface area contributed by atoms with E-state index in [2.05, 4.69) is 4.74 Å². The number of hydrogen-bond acceptors (Lipinski definition) is 7. The van der Waals surface area contributed by atoms with Gasteiger partial charge in [0.25, 0.3) is 0 Å². The number of nitro benzene ring substituents is 1. The van der Waals surface area contributed by atoms with Crippen LogP contribution < -0.4 is 0 Å². The average Bonchev–Trinajstić information content (AvgIpc) is 2.38. The van der Waals surface area contributed by atoms with Crippen molar-refractivity contribution in [2.24, 2.45) is 0 Å². The van der Waals surface area contributed by atoms with Gasteiger partial charge in [-0.3, -0.25) is 14.9 Å². The summed E-state index contributed by atoms with van der Waals surface area (Å²) < 4.78 is 4.61. The number of ether oxygens (including phenoxy) is 1. The topological polar surface area (TPSA) is 130 Å². The second-order valence-electron chi connectivity index (χ2n) is 3.99. The van der Waals surface area contributed by atoms with Crippen LogP contribution in [0.1, 0.15) is 25.0 Å². The van der Waals surface area contributed by atoms with E-state index in [4.69, 9.17) is 0 Å². The predicted molar refractivity (Wildman–Crippen MR) is 67.0 cm³/mol. The van der Waals surface area contributed by atoms with Crippen molar-refractivity contribution in [3.8, 4) is 5.75 Å². The number of esters is 1. The van der Waals surface area contributed by atoms with Gasteiger partial charge in [-0.2, -0.15) is 0 Å². The van der Waals surface area contributed by atoms with E-state index in [0.29, 0.717) is 0 Å². The monoisotopic (exact) mass is 285 g/mol. The summed E-state index contributed by atoms with van der Waals surface area (Å²) in [5.41, 5.74) is -0.819. The van der Waals surface area contributed by atoms with E-state index in [9.17, 15) is 30.2 Å². The number of aliphatic hydroxyl groups is 2.